The van der Waals surface area contributed by atoms with Gasteiger partial charge in [-0.15, -0.1) is 11.3 Å². The van der Waals surface area contributed by atoms with E-state index in [0.29, 0.717) is 6.54 Å². The number of thiophene rings is 1. The van der Waals surface area contributed by atoms with Crippen LogP contribution in [-0.2, 0) is 11.3 Å². The van der Waals surface area contributed by atoms with E-state index in [0.717, 1.165) is 4.88 Å². The van der Waals surface area contributed by atoms with Gasteiger partial charge >= 0.3 is 5.69 Å². The second-order valence-corrected chi connectivity index (χ2v) is 5.96. The van der Waals surface area contributed by atoms with E-state index in [9.17, 15) is 14.9 Å². The average molecular weight is 341 g/mol. The lowest BCUT2D eigenvalue weighted by molar-refractivity contribution is -0.385. The molecular weight excluding hydrogens is 328 g/mol. The Morgan fingerprint density at radius 2 is 2.23 bits per heavy atom. The Kier molecular flexibility index (Phi) is 5.35. The maximum atomic E-state index is 12.0. The molecule has 1 heterocycles. The van der Waals surface area contributed by atoms with E-state index in [1.165, 1.54) is 23.1 Å². The molecule has 0 aliphatic rings. The van der Waals surface area contributed by atoms with E-state index in [4.69, 9.17) is 16.3 Å². The number of ether oxygens (including phenoxy) is 1. The highest BCUT2D eigenvalue weighted by atomic mass is 35.5. The second-order valence-electron chi connectivity index (χ2n) is 4.49. The number of benzene rings is 1. The molecule has 2 rings (SSSR count). The Balaban J connectivity index is 1.97. The van der Waals surface area contributed by atoms with Crippen LogP contribution in [0.2, 0.25) is 5.02 Å². The zero-order valence-electron chi connectivity index (χ0n) is 11.7. The van der Waals surface area contributed by atoms with Crippen molar-refractivity contribution < 1.29 is 14.5 Å². The van der Waals surface area contributed by atoms with Gasteiger partial charge in [-0.2, -0.15) is 0 Å². The van der Waals surface area contributed by atoms with Gasteiger partial charge in [-0.25, -0.2) is 0 Å². The van der Waals surface area contributed by atoms with Crippen molar-refractivity contribution in [3.63, 3.8) is 0 Å². The highest BCUT2D eigenvalue weighted by Crippen LogP contribution is 2.29. The van der Waals surface area contributed by atoms with Crippen LogP contribution in [0.25, 0.3) is 0 Å². The number of nitrogens with zero attached hydrogens (tertiary/aromatic N) is 2. The summed E-state index contributed by atoms with van der Waals surface area (Å²) in [4.78, 5) is 24.9. The molecule has 0 saturated carbocycles. The molecule has 22 heavy (non-hydrogen) atoms. The highest BCUT2D eigenvalue weighted by molar-refractivity contribution is 7.09. The van der Waals surface area contributed by atoms with Gasteiger partial charge in [0, 0.05) is 23.0 Å². The van der Waals surface area contributed by atoms with E-state index in [-0.39, 0.29) is 29.0 Å². The average Bonchev–Trinajstić information content (AvgIpc) is 2.98. The van der Waals surface area contributed by atoms with Crippen LogP contribution in [0.5, 0.6) is 5.75 Å². The Hall–Kier alpha value is -2.12. The third-order valence-corrected chi connectivity index (χ3v) is 3.96. The fourth-order valence-corrected chi connectivity index (χ4v) is 2.65. The van der Waals surface area contributed by atoms with Gasteiger partial charge in [0.05, 0.1) is 11.5 Å². The Morgan fingerprint density at radius 1 is 1.45 bits per heavy atom. The second kappa shape index (κ2) is 7.24. The maximum Gasteiger partial charge on any atom is 0.312 e. The molecule has 0 N–H and O–H groups in total. The standard InChI is InChI=1S/C14H13ClN2O4S/c1-16(8-11-3-2-6-22-11)14(18)9-21-13-5-4-10(15)7-12(13)17(19)20/h2-7H,8-9H2,1H3. The van der Waals surface area contributed by atoms with Crippen LogP contribution in [0.1, 0.15) is 4.88 Å². The van der Waals surface area contributed by atoms with E-state index in [1.807, 2.05) is 17.5 Å². The number of nitro benzene ring substituents is 1. The van der Waals surface area contributed by atoms with Crippen molar-refractivity contribution >= 4 is 34.5 Å². The van der Waals surface area contributed by atoms with Crippen LogP contribution in [0, 0.1) is 10.1 Å². The minimum absolute atomic E-state index is 0.0206. The summed E-state index contributed by atoms with van der Waals surface area (Å²) in [6.07, 6.45) is 0. The molecule has 0 spiro atoms. The molecule has 8 heteroatoms. The molecule has 0 aliphatic heterocycles. The Morgan fingerprint density at radius 3 is 2.86 bits per heavy atom. The molecule has 1 amide bonds. The van der Waals surface area contributed by atoms with Crippen LogP contribution in [0.4, 0.5) is 5.69 Å². The smallest absolute Gasteiger partial charge is 0.312 e. The molecule has 0 fully saturated rings. The number of halogens is 1. The summed E-state index contributed by atoms with van der Waals surface area (Å²) >= 11 is 7.27. The lowest BCUT2D eigenvalue weighted by Crippen LogP contribution is -2.30. The van der Waals surface area contributed by atoms with Crippen LogP contribution in [0.15, 0.2) is 35.7 Å². The first-order valence-corrected chi connectivity index (χ1v) is 7.56. The molecular formula is C14H13ClN2O4S. The fourth-order valence-electron chi connectivity index (χ4n) is 1.73. The SMILES string of the molecule is CN(Cc1cccs1)C(=O)COc1ccc(Cl)cc1[N+](=O)[O-]. The maximum absolute atomic E-state index is 12.0. The van der Waals surface area contributed by atoms with Gasteiger partial charge in [0.15, 0.2) is 12.4 Å². The number of hydrogen-bond acceptors (Lipinski definition) is 5. The molecule has 0 unspecified atom stereocenters. The number of amides is 1. The van der Waals surface area contributed by atoms with Gasteiger partial charge in [-0.1, -0.05) is 17.7 Å². The zero-order chi connectivity index (χ0) is 16.1. The minimum atomic E-state index is -0.596. The third-order valence-electron chi connectivity index (χ3n) is 2.87. The minimum Gasteiger partial charge on any atom is -0.477 e. The molecule has 2 aromatic rings. The first kappa shape index (κ1) is 16.3. The predicted octanol–water partition coefficient (Wildman–Crippen LogP) is 3.35. The Bertz CT molecular complexity index is 675. The number of hydrogen-bond donors (Lipinski definition) is 0. The van der Waals surface area contributed by atoms with E-state index >= 15 is 0 Å². The van der Waals surface area contributed by atoms with Gasteiger partial charge in [0.2, 0.25) is 0 Å². The number of carbonyl (C=O) groups is 1. The number of likely N-dealkylation sites (N-methyl/N-ethyl adjacent to an activating group) is 1. The summed E-state index contributed by atoms with van der Waals surface area (Å²) < 4.78 is 5.27. The summed E-state index contributed by atoms with van der Waals surface area (Å²) in [5.74, 6) is -0.245. The first-order valence-electron chi connectivity index (χ1n) is 6.30. The lowest BCUT2D eigenvalue weighted by Gasteiger charge is -2.16. The quantitative estimate of drug-likeness (QED) is 0.597. The van der Waals surface area contributed by atoms with Crippen molar-refractivity contribution in [1.82, 2.24) is 4.90 Å². The summed E-state index contributed by atoms with van der Waals surface area (Å²) in [6.45, 7) is 0.201. The first-order chi connectivity index (χ1) is 10.5. The number of nitro groups is 1. The molecule has 0 bridgehead atoms. The molecule has 0 atom stereocenters. The van der Waals surface area contributed by atoms with Crippen molar-refractivity contribution in [2.75, 3.05) is 13.7 Å². The Labute approximate surface area is 136 Å². The number of carbonyl (C=O) groups excluding carboxylic acids is 1. The molecule has 0 radical (unpaired) electrons. The highest BCUT2D eigenvalue weighted by Gasteiger charge is 2.18. The monoisotopic (exact) mass is 340 g/mol. The van der Waals surface area contributed by atoms with Crippen molar-refractivity contribution in [2.45, 2.75) is 6.54 Å². The summed E-state index contributed by atoms with van der Waals surface area (Å²) in [7, 11) is 1.65. The van der Waals surface area contributed by atoms with Gasteiger partial charge in [-0.3, -0.25) is 14.9 Å². The van der Waals surface area contributed by atoms with Gasteiger partial charge in [0.1, 0.15) is 0 Å². The molecule has 1 aromatic carbocycles. The topological polar surface area (TPSA) is 72.7 Å². The summed E-state index contributed by atoms with van der Waals surface area (Å²) in [6, 6.07) is 7.89. The molecule has 6 nitrogen and oxygen atoms in total. The normalized spacial score (nSPS) is 10.3. The van der Waals surface area contributed by atoms with Gasteiger partial charge in [0.25, 0.3) is 5.91 Å². The molecule has 1 aromatic heterocycles. The molecule has 0 aliphatic carbocycles. The predicted molar refractivity (Wildman–Crippen MR) is 84.4 cm³/mol. The van der Waals surface area contributed by atoms with Crippen LogP contribution >= 0.6 is 22.9 Å². The third kappa shape index (κ3) is 4.19. The van der Waals surface area contributed by atoms with Crippen LogP contribution < -0.4 is 4.74 Å². The van der Waals surface area contributed by atoms with Crippen LogP contribution in [-0.4, -0.2) is 29.4 Å². The van der Waals surface area contributed by atoms with Crippen molar-refractivity contribution in [1.29, 1.82) is 0 Å². The van der Waals surface area contributed by atoms with Gasteiger partial charge in [-0.05, 0) is 23.6 Å². The number of rotatable bonds is 6. The lowest BCUT2D eigenvalue weighted by atomic mass is 10.3. The summed E-state index contributed by atoms with van der Waals surface area (Å²) in [5.41, 5.74) is -0.263. The zero-order valence-corrected chi connectivity index (χ0v) is 13.3. The fraction of sp³-hybridized carbons (Fsp3) is 0.214. The van der Waals surface area contributed by atoms with Crippen molar-refractivity contribution in [3.8, 4) is 5.75 Å². The van der Waals surface area contributed by atoms with Crippen molar-refractivity contribution in [3.05, 3.63) is 55.7 Å². The largest absolute Gasteiger partial charge is 0.477 e. The molecule has 116 valence electrons. The van der Waals surface area contributed by atoms with E-state index < -0.39 is 4.92 Å². The van der Waals surface area contributed by atoms with Crippen molar-refractivity contribution in [2.24, 2.45) is 0 Å². The van der Waals surface area contributed by atoms with E-state index in [2.05, 4.69) is 0 Å². The van der Waals surface area contributed by atoms with E-state index in [1.54, 1.807) is 18.4 Å². The summed E-state index contributed by atoms with van der Waals surface area (Å²) in [5, 5.41) is 13.1. The van der Waals surface area contributed by atoms with Gasteiger partial charge < -0.3 is 9.64 Å². The molecule has 0 saturated heterocycles. The van der Waals surface area contributed by atoms with Crippen LogP contribution in [0.3, 0.4) is 0 Å².